The molecule has 29 heavy (non-hydrogen) atoms. The molecule has 1 atom stereocenters. The Balaban J connectivity index is 1.80. The van der Waals surface area contributed by atoms with Crippen molar-refractivity contribution in [3.8, 4) is 11.8 Å². The number of quaternary nitrogens is 1. The van der Waals surface area contributed by atoms with Gasteiger partial charge in [0, 0.05) is 12.1 Å². The van der Waals surface area contributed by atoms with E-state index in [1.807, 2.05) is 48.5 Å². The standard InChI is InChI=1S/C23H23N3O2S/c1-28-20-12-6-5-11-19(20)26(15-8-14-24)22(27)17-25-23(21-13-7-16-29-21)18-9-3-2-4-10-18/h2-7,9-13,16,23,25H,8,15,17H2,1H3/p+1/t23-/m0/s1. The van der Waals surface area contributed by atoms with Crippen molar-refractivity contribution in [2.24, 2.45) is 0 Å². The van der Waals surface area contributed by atoms with Gasteiger partial charge in [-0.15, -0.1) is 11.3 Å². The van der Waals surface area contributed by atoms with Crippen molar-refractivity contribution >= 4 is 22.9 Å². The summed E-state index contributed by atoms with van der Waals surface area (Å²) in [5.41, 5.74) is 1.85. The maximum atomic E-state index is 13.2. The van der Waals surface area contributed by atoms with Crippen molar-refractivity contribution in [3.63, 3.8) is 0 Å². The third-order valence-corrected chi connectivity index (χ3v) is 5.62. The zero-order valence-electron chi connectivity index (χ0n) is 16.3. The number of carbonyl (C=O) groups is 1. The molecule has 1 aromatic heterocycles. The highest BCUT2D eigenvalue weighted by atomic mass is 32.1. The van der Waals surface area contributed by atoms with Crippen LogP contribution in [0.4, 0.5) is 5.69 Å². The first kappa shape index (κ1) is 20.6. The molecule has 0 spiro atoms. The summed E-state index contributed by atoms with van der Waals surface area (Å²) in [6, 6.07) is 23.9. The van der Waals surface area contributed by atoms with Crippen molar-refractivity contribution in [1.82, 2.24) is 0 Å². The number of hydrogen-bond donors (Lipinski definition) is 1. The molecular formula is C23H24N3O2S+. The average Bonchev–Trinajstić information content (AvgIpc) is 3.30. The Kier molecular flexibility index (Phi) is 7.40. The second-order valence-electron chi connectivity index (χ2n) is 6.47. The topological polar surface area (TPSA) is 69.9 Å². The minimum absolute atomic E-state index is 0.0515. The molecule has 148 valence electrons. The number of carbonyl (C=O) groups excluding carboxylic acids is 1. The quantitative estimate of drug-likeness (QED) is 0.592. The summed E-state index contributed by atoms with van der Waals surface area (Å²) in [4.78, 5) is 16.0. The largest absolute Gasteiger partial charge is 0.495 e. The first-order valence-electron chi connectivity index (χ1n) is 9.46. The third-order valence-electron chi connectivity index (χ3n) is 4.66. The van der Waals surface area contributed by atoms with Crippen molar-refractivity contribution in [1.29, 1.82) is 5.26 Å². The normalized spacial score (nSPS) is 11.4. The number of thiophene rings is 1. The lowest BCUT2D eigenvalue weighted by Crippen LogP contribution is -2.87. The molecule has 0 unspecified atom stereocenters. The van der Waals surface area contributed by atoms with Crippen LogP contribution in [0.3, 0.4) is 0 Å². The predicted octanol–water partition coefficient (Wildman–Crippen LogP) is 3.36. The van der Waals surface area contributed by atoms with Crippen LogP contribution in [-0.2, 0) is 4.79 Å². The van der Waals surface area contributed by atoms with Gasteiger partial charge < -0.3 is 15.0 Å². The third kappa shape index (κ3) is 5.23. The number of amides is 1. The predicted molar refractivity (Wildman–Crippen MR) is 115 cm³/mol. The molecular weight excluding hydrogens is 382 g/mol. The molecule has 1 amide bonds. The fourth-order valence-corrected chi connectivity index (χ4v) is 4.12. The lowest BCUT2D eigenvalue weighted by Gasteiger charge is -2.24. The minimum atomic E-state index is -0.0535. The van der Waals surface area contributed by atoms with Gasteiger partial charge in [-0.3, -0.25) is 4.79 Å². The van der Waals surface area contributed by atoms with Crippen LogP contribution in [0, 0.1) is 11.3 Å². The van der Waals surface area contributed by atoms with Crippen molar-refractivity contribution < 1.29 is 14.8 Å². The molecule has 0 saturated carbocycles. The summed E-state index contributed by atoms with van der Waals surface area (Å²) in [6.45, 7) is 0.597. The Labute approximate surface area is 175 Å². The molecule has 3 aromatic rings. The monoisotopic (exact) mass is 406 g/mol. The SMILES string of the molecule is COc1ccccc1N(CCC#N)C(=O)C[NH2+][C@@H](c1ccccc1)c1cccs1. The van der Waals surface area contributed by atoms with Gasteiger partial charge >= 0.3 is 0 Å². The van der Waals surface area contributed by atoms with E-state index in [4.69, 9.17) is 10.00 Å². The zero-order valence-corrected chi connectivity index (χ0v) is 17.1. The van der Waals surface area contributed by atoms with Crippen LogP contribution in [0.1, 0.15) is 22.9 Å². The molecule has 2 N–H and O–H groups in total. The van der Waals surface area contributed by atoms with E-state index in [-0.39, 0.29) is 24.9 Å². The van der Waals surface area contributed by atoms with Gasteiger partial charge in [-0.25, -0.2) is 0 Å². The summed E-state index contributed by atoms with van der Waals surface area (Å²) in [5.74, 6) is 0.568. The molecule has 1 heterocycles. The number of para-hydroxylation sites is 2. The van der Waals surface area contributed by atoms with Crippen molar-refractivity contribution in [2.45, 2.75) is 12.5 Å². The molecule has 5 nitrogen and oxygen atoms in total. The number of rotatable bonds is 9. The van der Waals surface area contributed by atoms with Crippen LogP contribution in [0.5, 0.6) is 5.75 Å². The number of nitrogens with two attached hydrogens (primary N) is 1. The van der Waals surface area contributed by atoms with Gasteiger partial charge in [-0.05, 0) is 23.6 Å². The van der Waals surface area contributed by atoms with Gasteiger partial charge in [0.05, 0.1) is 30.2 Å². The van der Waals surface area contributed by atoms with Crippen molar-refractivity contribution in [2.75, 3.05) is 25.1 Å². The number of nitrogens with zero attached hydrogens (tertiary/aromatic N) is 2. The Hall–Kier alpha value is -3.14. The first-order chi connectivity index (χ1) is 14.2. The number of methoxy groups -OCH3 is 1. The van der Waals surface area contributed by atoms with Crippen molar-refractivity contribution in [3.05, 3.63) is 82.6 Å². The van der Waals surface area contributed by atoms with Gasteiger partial charge in [-0.1, -0.05) is 48.5 Å². The highest BCUT2D eigenvalue weighted by Crippen LogP contribution is 2.28. The number of nitriles is 1. The lowest BCUT2D eigenvalue weighted by atomic mass is 10.1. The van der Waals surface area contributed by atoms with E-state index < -0.39 is 0 Å². The molecule has 6 heteroatoms. The average molecular weight is 407 g/mol. The summed E-state index contributed by atoms with van der Waals surface area (Å²) in [5, 5.41) is 13.1. The number of hydrogen-bond acceptors (Lipinski definition) is 4. The van der Waals surface area contributed by atoms with Gasteiger partial charge in [0.2, 0.25) is 0 Å². The first-order valence-corrected chi connectivity index (χ1v) is 10.3. The molecule has 3 rings (SSSR count). The van der Waals surface area contributed by atoms with Gasteiger partial charge in [0.15, 0.2) is 6.54 Å². The molecule has 0 saturated heterocycles. The van der Waals surface area contributed by atoms with Crippen LogP contribution in [0.15, 0.2) is 72.1 Å². The summed E-state index contributed by atoms with van der Waals surface area (Å²) in [7, 11) is 1.58. The van der Waals surface area contributed by atoms with Crippen LogP contribution in [-0.4, -0.2) is 26.1 Å². The maximum Gasteiger partial charge on any atom is 0.282 e. The van der Waals surface area contributed by atoms with Crippen LogP contribution >= 0.6 is 11.3 Å². The van der Waals surface area contributed by atoms with Crippen LogP contribution < -0.4 is 15.0 Å². The molecule has 0 aliphatic rings. The molecule has 2 aromatic carbocycles. The second-order valence-corrected chi connectivity index (χ2v) is 7.45. The number of benzene rings is 2. The van der Waals surface area contributed by atoms with E-state index in [0.29, 0.717) is 18.0 Å². The number of anilines is 1. The highest BCUT2D eigenvalue weighted by molar-refractivity contribution is 7.10. The molecule has 0 aliphatic carbocycles. The maximum absolute atomic E-state index is 13.2. The van der Waals surface area contributed by atoms with E-state index in [2.05, 4.69) is 35.0 Å². The van der Waals surface area contributed by atoms with Crippen LogP contribution in [0.25, 0.3) is 0 Å². The van der Waals surface area contributed by atoms with E-state index >= 15 is 0 Å². The zero-order chi connectivity index (χ0) is 20.5. The fourth-order valence-electron chi connectivity index (χ4n) is 3.27. The lowest BCUT2D eigenvalue weighted by molar-refractivity contribution is -0.676. The summed E-state index contributed by atoms with van der Waals surface area (Å²) < 4.78 is 5.42. The highest BCUT2D eigenvalue weighted by Gasteiger charge is 2.24. The van der Waals surface area contributed by atoms with E-state index in [1.54, 1.807) is 23.3 Å². The van der Waals surface area contributed by atoms with Gasteiger partial charge in [0.25, 0.3) is 5.91 Å². The Bertz CT molecular complexity index is 952. The molecule has 0 radical (unpaired) electrons. The molecule has 0 aliphatic heterocycles. The Morgan fingerprint density at radius 1 is 1.14 bits per heavy atom. The fraction of sp³-hybridized carbons (Fsp3) is 0.217. The second kappa shape index (κ2) is 10.4. The Morgan fingerprint density at radius 2 is 1.90 bits per heavy atom. The summed E-state index contributed by atoms with van der Waals surface area (Å²) >= 11 is 1.68. The minimum Gasteiger partial charge on any atom is -0.495 e. The molecule has 0 bridgehead atoms. The van der Waals surface area contributed by atoms with Gasteiger partial charge in [0.1, 0.15) is 11.8 Å². The van der Waals surface area contributed by atoms with E-state index in [9.17, 15) is 4.79 Å². The van der Waals surface area contributed by atoms with Crippen LogP contribution in [0.2, 0.25) is 0 Å². The summed E-state index contributed by atoms with van der Waals surface area (Å²) in [6.07, 6.45) is 0.261. The number of ether oxygens (including phenoxy) is 1. The van der Waals surface area contributed by atoms with E-state index in [0.717, 1.165) is 5.56 Å². The Morgan fingerprint density at radius 3 is 2.59 bits per heavy atom. The smallest absolute Gasteiger partial charge is 0.282 e. The molecule has 0 fully saturated rings. The van der Waals surface area contributed by atoms with Gasteiger partial charge in [-0.2, -0.15) is 5.26 Å². The van der Waals surface area contributed by atoms with E-state index in [1.165, 1.54) is 4.88 Å².